The molecule has 1 aromatic heterocycles. The fraction of sp³-hybridized carbons (Fsp3) is 0.100. The highest BCUT2D eigenvalue weighted by molar-refractivity contribution is 6.40. The third-order valence-electron chi connectivity index (χ3n) is 2.18. The van der Waals surface area contributed by atoms with Crippen LogP contribution in [-0.2, 0) is 7.05 Å². The molecule has 2 rings (SSSR count). The average Bonchev–Trinajstić information content (AvgIpc) is 2.50. The summed E-state index contributed by atoms with van der Waals surface area (Å²) in [5.41, 5.74) is 1.36. The fourth-order valence-corrected chi connectivity index (χ4v) is 2.14. The first-order chi connectivity index (χ1) is 6.65. The second kappa shape index (κ2) is 3.30. The Balaban J connectivity index is 3.02. The molecule has 0 fully saturated rings. The molecule has 0 radical (unpaired) electrons. The van der Waals surface area contributed by atoms with Gasteiger partial charge in [0, 0.05) is 24.2 Å². The van der Waals surface area contributed by atoms with Crippen LogP contribution in [0.2, 0.25) is 10.0 Å². The van der Waals surface area contributed by atoms with Gasteiger partial charge < -0.3 is 4.57 Å². The molecule has 0 N–H and O–H groups in total. The standard InChI is InChI=1S/C10H7Cl2NO/c1-13-4-6(5-14)9-7(11)2-3-8(12)10(9)13/h2-5H,1H3. The Kier molecular flexibility index (Phi) is 2.25. The summed E-state index contributed by atoms with van der Waals surface area (Å²) in [6.07, 6.45) is 2.50. The maximum Gasteiger partial charge on any atom is 0.152 e. The normalized spacial score (nSPS) is 10.8. The minimum atomic E-state index is 0.548. The van der Waals surface area contributed by atoms with Crippen molar-refractivity contribution in [3.63, 3.8) is 0 Å². The molecule has 0 bridgehead atoms. The van der Waals surface area contributed by atoms with Gasteiger partial charge in [0.25, 0.3) is 0 Å². The van der Waals surface area contributed by atoms with Crippen LogP contribution < -0.4 is 0 Å². The van der Waals surface area contributed by atoms with E-state index in [9.17, 15) is 4.79 Å². The summed E-state index contributed by atoms with van der Waals surface area (Å²) in [7, 11) is 1.83. The molecule has 0 spiro atoms. The zero-order valence-electron chi connectivity index (χ0n) is 7.42. The molecule has 0 unspecified atom stereocenters. The highest BCUT2D eigenvalue weighted by Gasteiger charge is 2.11. The van der Waals surface area contributed by atoms with Crippen LogP contribution in [0.25, 0.3) is 10.9 Å². The van der Waals surface area contributed by atoms with Crippen LogP contribution in [0.5, 0.6) is 0 Å². The van der Waals surface area contributed by atoms with Gasteiger partial charge >= 0.3 is 0 Å². The van der Waals surface area contributed by atoms with Gasteiger partial charge in [0.05, 0.1) is 15.6 Å². The number of aromatic nitrogens is 1. The van der Waals surface area contributed by atoms with Crippen molar-refractivity contribution in [2.45, 2.75) is 0 Å². The molecule has 0 aliphatic rings. The Morgan fingerprint density at radius 2 is 1.93 bits per heavy atom. The van der Waals surface area contributed by atoms with Gasteiger partial charge in [-0.2, -0.15) is 0 Å². The van der Waals surface area contributed by atoms with E-state index < -0.39 is 0 Å². The number of rotatable bonds is 1. The first-order valence-corrected chi connectivity index (χ1v) is 4.79. The fourth-order valence-electron chi connectivity index (χ4n) is 1.59. The van der Waals surface area contributed by atoms with Gasteiger partial charge in [-0.15, -0.1) is 0 Å². The second-order valence-corrected chi connectivity index (χ2v) is 3.88. The monoisotopic (exact) mass is 227 g/mol. The molecule has 0 atom stereocenters. The number of fused-ring (bicyclic) bond motifs is 1. The number of aryl methyl sites for hydroxylation is 1. The van der Waals surface area contributed by atoms with Crippen LogP contribution in [0, 0.1) is 0 Å². The van der Waals surface area contributed by atoms with E-state index in [0.29, 0.717) is 15.6 Å². The number of carbonyl (C=O) groups excluding carboxylic acids is 1. The Morgan fingerprint density at radius 1 is 1.29 bits per heavy atom. The molecule has 1 aromatic carbocycles. The van der Waals surface area contributed by atoms with E-state index in [1.54, 1.807) is 22.9 Å². The van der Waals surface area contributed by atoms with Crippen LogP contribution in [0.4, 0.5) is 0 Å². The third kappa shape index (κ3) is 1.22. The SMILES string of the molecule is Cn1cc(C=O)c2c(Cl)ccc(Cl)c21. The van der Waals surface area contributed by atoms with Crippen molar-refractivity contribution in [3.05, 3.63) is 33.9 Å². The largest absolute Gasteiger partial charge is 0.349 e. The number of hydrogen-bond donors (Lipinski definition) is 0. The Morgan fingerprint density at radius 3 is 2.57 bits per heavy atom. The summed E-state index contributed by atoms with van der Waals surface area (Å²) in [5, 5.41) is 1.86. The van der Waals surface area contributed by atoms with Crippen LogP contribution in [-0.4, -0.2) is 10.9 Å². The minimum Gasteiger partial charge on any atom is -0.349 e. The van der Waals surface area contributed by atoms with Gasteiger partial charge in [-0.3, -0.25) is 4.79 Å². The minimum absolute atomic E-state index is 0.548. The number of carbonyl (C=O) groups is 1. The van der Waals surface area contributed by atoms with E-state index in [2.05, 4.69) is 0 Å². The first kappa shape index (κ1) is 9.56. The van der Waals surface area contributed by atoms with Gasteiger partial charge in [-0.25, -0.2) is 0 Å². The van der Waals surface area contributed by atoms with Crippen molar-refractivity contribution in [1.29, 1.82) is 0 Å². The average molecular weight is 228 g/mol. The first-order valence-electron chi connectivity index (χ1n) is 4.03. The Labute approximate surface area is 91.0 Å². The van der Waals surface area contributed by atoms with Crippen molar-refractivity contribution >= 4 is 40.4 Å². The topological polar surface area (TPSA) is 22.0 Å². The van der Waals surface area contributed by atoms with E-state index in [0.717, 1.165) is 17.2 Å². The van der Waals surface area contributed by atoms with E-state index >= 15 is 0 Å². The molecule has 0 saturated heterocycles. The maximum absolute atomic E-state index is 10.8. The van der Waals surface area contributed by atoms with Gasteiger partial charge in [0.1, 0.15) is 0 Å². The number of benzene rings is 1. The highest BCUT2D eigenvalue weighted by Crippen LogP contribution is 2.32. The lowest BCUT2D eigenvalue weighted by atomic mass is 10.2. The molecule has 0 aliphatic heterocycles. The maximum atomic E-state index is 10.8. The van der Waals surface area contributed by atoms with Crippen LogP contribution in [0.1, 0.15) is 10.4 Å². The number of aldehydes is 1. The third-order valence-corrected chi connectivity index (χ3v) is 2.80. The molecule has 2 nitrogen and oxygen atoms in total. The molecule has 0 saturated carbocycles. The van der Waals surface area contributed by atoms with E-state index in [1.165, 1.54) is 0 Å². The van der Waals surface area contributed by atoms with Crippen LogP contribution >= 0.6 is 23.2 Å². The van der Waals surface area contributed by atoms with Gasteiger partial charge in [0.2, 0.25) is 0 Å². The summed E-state index contributed by atoms with van der Waals surface area (Å²) in [4.78, 5) is 10.8. The summed E-state index contributed by atoms with van der Waals surface area (Å²) in [5.74, 6) is 0. The molecule has 2 aromatic rings. The van der Waals surface area contributed by atoms with Crippen molar-refractivity contribution in [3.8, 4) is 0 Å². The zero-order valence-corrected chi connectivity index (χ0v) is 8.93. The Bertz CT molecular complexity index is 516. The molecule has 1 heterocycles. The summed E-state index contributed by atoms with van der Waals surface area (Å²) in [6, 6.07) is 3.42. The number of halogens is 2. The lowest BCUT2D eigenvalue weighted by molar-refractivity contribution is 0.112. The highest BCUT2D eigenvalue weighted by atomic mass is 35.5. The van der Waals surface area contributed by atoms with E-state index in [4.69, 9.17) is 23.2 Å². The van der Waals surface area contributed by atoms with Gasteiger partial charge in [-0.05, 0) is 12.1 Å². The quantitative estimate of drug-likeness (QED) is 0.686. The molecule has 0 amide bonds. The smallest absolute Gasteiger partial charge is 0.152 e. The van der Waals surface area contributed by atoms with Gasteiger partial charge in [-0.1, -0.05) is 23.2 Å². The van der Waals surface area contributed by atoms with E-state index in [1.807, 2.05) is 7.05 Å². The summed E-state index contributed by atoms with van der Waals surface area (Å²) in [6.45, 7) is 0. The number of nitrogens with zero attached hydrogens (tertiary/aromatic N) is 1. The van der Waals surface area contributed by atoms with Crippen molar-refractivity contribution in [2.24, 2.45) is 7.05 Å². The molecule has 0 aliphatic carbocycles. The van der Waals surface area contributed by atoms with Crippen LogP contribution in [0.15, 0.2) is 18.3 Å². The second-order valence-electron chi connectivity index (χ2n) is 3.07. The van der Waals surface area contributed by atoms with Crippen molar-refractivity contribution in [1.82, 2.24) is 4.57 Å². The van der Waals surface area contributed by atoms with E-state index in [-0.39, 0.29) is 0 Å². The van der Waals surface area contributed by atoms with Gasteiger partial charge in [0.15, 0.2) is 6.29 Å². The summed E-state index contributed by atoms with van der Waals surface area (Å²) >= 11 is 12.0. The number of hydrogen-bond acceptors (Lipinski definition) is 1. The van der Waals surface area contributed by atoms with Crippen LogP contribution in [0.3, 0.4) is 0 Å². The molecule has 14 heavy (non-hydrogen) atoms. The lowest BCUT2D eigenvalue weighted by Gasteiger charge is -2.00. The molecular weight excluding hydrogens is 221 g/mol. The lowest BCUT2D eigenvalue weighted by Crippen LogP contribution is -1.84. The molecular formula is C10H7Cl2NO. The van der Waals surface area contributed by atoms with Crippen molar-refractivity contribution < 1.29 is 4.79 Å². The summed E-state index contributed by atoms with van der Waals surface area (Å²) < 4.78 is 1.80. The molecule has 4 heteroatoms. The van der Waals surface area contributed by atoms with Crippen molar-refractivity contribution in [2.75, 3.05) is 0 Å². The Hall–Kier alpha value is -0.990. The zero-order chi connectivity index (χ0) is 10.3. The molecule has 72 valence electrons. The predicted octanol–water partition coefficient (Wildman–Crippen LogP) is 3.30. The predicted molar refractivity (Wildman–Crippen MR) is 58.3 cm³/mol.